The fraction of sp³-hybridized carbons (Fsp3) is 0.474. The van der Waals surface area contributed by atoms with E-state index in [9.17, 15) is 0 Å². The molecule has 0 saturated carbocycles. The van der Waals surface area contributed by atoms with Crippen LogP contribution in [0.1, 0.15) is 38.3 Å². The Morgan fingerprint density at radius 2 is 2.17 bits per heavy atom. The van der Waals surface area contributed by atoms with Gasteiger partial charge >= 0.3 is 0 Å². The topological polar surface area (TPSA) is 38.5 Å². The Kier molecular flexibility index (Phi) is 5.34. The number of oxazole rings is 1. The third kappa shape index (κ3) is 4.14. The van der Waals surface area contributed by atoms with Crippen LogP contribution in [0.15, 0.2) is 34.9 Å². The van der Waals surface area contributed by atoms with E-state index in [2.05, 4.69) is 23.7 Å². The van der Waals surface area contributed by atoms with Crippen LogP contribution in [0, 0.1) is 6.92 Å². The summed E-state index contributed by atoms with van der Waals surface area (Å²) in [6.07, 6.45) is 6.20. The number of aromatic nitrogens is 1. The van der Waals surface area contributed by atoms with E-state index in [0.29, 0.717) is 18.5 Å². The average Bonchev–Trinajstić information content (AvgIpc) is 3.19. The second-order valence-electron chi connectivity index (χ2n) is 6.19. The first-order valence-electron chi connectivity index (χ1n) is 8.47. The zero-order valence-corrected chi connectivity index (χ0v) is 13.8. The van der Waals surface area contributed by atoms with Gasteiger partial charge in [-0.05, 0) is 57.0 Å². The smallest absolute Gasteiger partial charge is 0.226 e. The van der Waals surface area contributed by atoms with Gasteiger partial charge in [-0.15, -0.1) is 0 Å². The summed E-state index contributed by atoms with van der Waals surface area (Å²) in [4.78, 5) is 7.09. The quantitative estimate of drug-likeness (QED) is 0.714. The molecule has 1 unspecified atom stereocenters. The average molecular weight is 313 g/mol. The van der Waals surface area contributed by atoms with Gasteiger partial charge in [-0.25, -0.2) is 4.98 Å². The van der Waals surface area contributed by atoms with Crippen molar-refractivity contribution in [3.05, 3.63) is 43.1 Å². The molecular formula is C19H25N2O2. The highest BCUT2D eigenvalue weighted by Gasteiger charge is 2.21. The van der Waals surface area contributed by atoms with Crippen molar-refractivity contribution in [1.29, 1.82) is 0 Å². The molecule has 4 nitrogen and oxygen atoms in total. The Balaban J connectivity index is 1.61. The second-order valence-corrected chi connectivity index (χ2v) is 6.19. The minimum atomic E-state index is 0.643. The summed E-state index contributed by atoms with van der Waals surface area (Å²) in [5, 5.41) is 0. The molecule has 0 aliphatic carbocycles. The van der Waals surface area contributed by atoms with E-state index in [1.165, 1.54) is 12.8 Å². The third-order valence-corrected chi connectivity index (χ3v) is 4.37. The first kappa shape index (κ1) is 16.1. The molecule has 1 aromatic carbocycles. The number of nitrogens with zero attached hydrogens (tertiary/aromatic N) is 2. The van der Waals surface area contributed by atoms with E-state index in [-0.39, 0.29) is 0 Å². The molecule has 2 heterocycles. The Bertz CT molecular complexity index is 606. The Morgan fingerprint density at radius 1 is 1.35 bits per heavy atom. The maximum absolute atomic E-state index is 5.65. The van der Waals surface area contributed by atoms with Crippen LogP contribution in [0.4, 0.5) is 0 Å². The lowest BCUT2D eigenvalue weighted by Gasteiger charge is -2.18. The first-order valence-corrected chi connectivity index (χ1v) is 8.47. The van der Waals surface area contributed by atoms with Gasteiger partial charge in [0.2, 0.25) is 5.89 Å². The molecule has 0 N–H and O–H groups in total. The molecule has 23 heavy (non-hydrogen) atoms. The molecule has 3 rings (SSSR count). The maximum atomic E-state index is 5.65. The largest absolute Gasteiger partial charge is 0.494 e. The van der Waals surface area contributed by atoms with E-state index in [4.69, 9.17) is 9.15 Å². The molecular weight excluding hydrogens is 288 g/mol. The summed E-state index contributed by atoms with van der Waals surface area (Å²) in [6.45, 7) is 8.82. The molecule has 1 aliphatic rings. The van der Waals surface area contributed by atoms with Crippen LogP contribution in [0.3, 0.4) is 0 Å². The van der Waals surface area contributed by atoms with Gasteiger partial charge in [0.25, 0.3) is 0 Å². The summed E-state index contributed by atoms with van der Waals surface area (Å²) < 4.78 is 11.3. The molecule has 1 radical (unpaired) electrons. The van der Waals surface area contributed by atoms with E-state index in [1.807, 2.05) is 24.3 Å². The highest BCUT2D eigenvalue weighted by atomic mass is 16.5. The van der Waals surface area contributed by atoms with Crippen molar-refractivity contribution in [3.8, 4) is 17.2 Å². The van der Waals surface area contributed by atoms with E-state index in [0.717, 1.165) is 42.9 Å². The third-order valence-electron chi connectivity index (χ3n) is 4.37. The van der Waals surface area contributed by atoms with E-state index < -0.39 is 0 Å². The van der Waals surface area contributed by atoms with Crippen LogP contribution in [-0.2, 0) is 6.54 Å². The van der Waals surface area contributed by atoms with Crippen molar-refractivity contribution in [2.75, 3.05) is 13.2 Å². The van der Waals surface area contributed by atoms with Crippen LogP contribution in [-0.4, -0.2) is 29.1 Å². The SMILES string of the molecule is [CH2]CCCOc1ccc(-c2nc(CN3CCCC3C)co2)cc1. The number of likely N-dealkylation sites (tertiary alicyclic amines) is 1. The summed E-state index contributed by atoms with van der Waals surface area (Å²) in [5.41, 5.74) is 1.99. The number of rotatable bonds is 7. The van der Waals surface area contributed by atoms with Crippen molar-refractivity contribution in [3.63, 3.8) is 0 Å². The minimum absolute atomic E-state index is 0.643. The van der Waals surface area contributed by atoms with Crippen molar-refractivity contribution in [1.82, 2.24) is 9.88 Å². The number of benzene rings is 1. The molecule has 1 atom stereocenters. The van der Waals surface area contributed by atoms with Crippen LogP contribution in [0.25, 0.3) is 11.5 Å². The first-order chi connectivity index (χ1) is 11.3. The Labute approximate surface area is 138 Å². The predicted molar refractivity (Wildman–Crippen MR) is 91.1 cm³/mol. The van der Waals surface area contributed by atoms with Crippen molar-refractivity contribution >= 4 is 0 Å². The van der Waals surface area contributed by atoms with E-state index in [1.54, 1.807) is 6.26 Å². The van der Waals surface area contributed by atoms with Crippen molar-refractivity contribution < 1.29 is 9.15 Å². The monoisotopic (exact) mass is 313 g/mol. The molecule has 1 fully saturated rings. The van der Waals surface area contributed by atoms with Gasteiger partial charge < -0.3 is 9.15 Å². The standard InChI is InChI=1S/C19H25N2O2/c1-3-4-12-22-18-9-7-16(8-10-18)19-20-17(14-23-19)13-21-11-5-6-15(21)2/h7-10,14-15H,1,3-6,11-13H2,2H3. The van der Waals surface area contributed by atoms with Gasteiger partial charge in [-0.3, -0.25) is 4.90 Å². The van der Waals surface area contributed by atoms with E-state index >= 15 is 0 Å². The minimum Gasteiger partial charge on any atom is -0.494 e. The van der Waals surface area contributed by atoms with Crippen molar-refractivity contribution in [2.24, 2.45) is 0 Å². The van der Waals surface area contributed by atoms with Gasteiger partial charge in [0, 0.05) is 18.2 Å². The van der Waals surface area contributed by atoms with Gasteiger partial charge in [0.1, 0.15) is 12.0 Å². The number of ether oxygens (including phenoxy) is 1. The fourth-order valence-electron chi connectivity index (χ4n) is 2.93. The molecule has 0 amide bonds. The van der Waals surface area contributed by atoms with Crippen molar-refractivity contribution in [2.45, 2.75) is 45.2 Å². The van der Waals surface area contributed by atoms with Gasteiger partial charge in [0.05, 0.1) is 12.3 Å². The van der Waals surface area contributed by atoms with Gasteiger partial charge in [0.15, 0.2) is 0 Å². The van der Waals surface area contributed by atoms with Crippen LogP contribution in [0.2, 0.25) is 0 Å². The van der Waals surface area contributed by atoms with Crippen LogP contribution >= 0.6 is 0 Å². The zero-order valence-electron chi connectivity index (χ0n) is 13.8. The lowest BCUT2D eigenvalue weighted by Crippen LogP contribution is -2.26. The highest BCUT2D eigenvalue weighted by Crippen LogP contribution is 2.24. The molecule has 123 valence electrons. The molecule has 4 heteroatoms. The second kappa shape index (κ2) is 7.64. The summed E-state index contributed by atoms with van der Waals surface area (Å²) >= 11 is 0. The van der Waals surface area contributed by atoms with Crippen LogP contribution in [0.5, 0.6) is 5.75 Å². The summed E-state index contributed by atoms with van der Waals surface area (Å²) in [5.74, 6) is 1.55. The summed E-state index contributed by atoms with van der Waals surface area (Å²) in [6, 6.07) is 8.56. The number of hydrogen-bond donors (Lipinski definition) is 0. The lowest BCUT2D eigenvalue weighted by atomic mass is 10.2. The lowest BCUT2D eigenvalue weighted by molar-refractivity contribution is 0.257. The molecule has 0 bridgehead atoms. The van der Waals surface area contributed by atoms with Gasteiger partial charge in [-0.2, -0.15) is 0 Å². The molecule has 0 spiro atoms. The molecule has 2 aromatic rings. The predicted octanol–water partition coefficient (Wildman–Crippen LogP) is 4.32. The van der Waals surface area contributed by atoms with Crippen LogP contribution < -0.4 is 4.74 Å². The normalized spacial score (nSPS) is 18.4. The number of hydrogen-bond acceptors (Lipinski definition) is 4. The fourth-order valence-corrected chi connectivity index (χ4v) is 2.93. The Hall–Kier alpha value is -1.81. The Morgan fingerprint density at radius 3 is 2.87 bits per heavy atom. The maximum Gasteiger partial charge on any atom is 0.226 e. The molecule has 1 aromatic heterocycles. The molecule has 1 saturated heterocycles. The zero-order chi connectivity index (χ0) is 16.1. The molecule has 1 aliphatic heterocycles. The summed E-state index contributed by atoms with van der Waals surface area (Å²) in [7, 11) is 0. The van der Waals surface area contributed by atoms with Gasteiger partial charge in [-0.1, -0.05) is 13.3 Å². The highest BCUT2D eigenvalue weighted by molar-refractivity contribution is 5.54. The number of unbranched alkanes of at least 4 members (excludes halogenated alkanes) is 1.